The zero-order valence-electron chi connectivity index (χ0n) is 9.76. The fourth-order valence-electron chi connectivity index (χ4n) is 1.27. The molecule has 0 aromatic heterocycles. The largest absolute Gasteiger partial charge is 0.299 e. The van der Waals surface area contributed by atoms with Crippen molar-refractivity contribution in [2.45, 2.75) is 53.1 Å². The van der Waals surface area contributed by atoms with Gasteiger partial charge in [-0.15, -0.1) is 0 Å². The van der Waals surface area contributed by atoms with E-state index in [2.05, 4.69) is 52.6 Å². The molecule has 0 aliphatic heterocycles. The van der Waals surface area contributed by atoms with Gasteiger partial charge in [-0.25, -0.2) is 0 Å². The average molecular weight is 182 g/mol. The van der Waals surface area contributed by atoms with Crippen molar-refractivity contribution >= 4 is 0 Å². The van der Waals surface area contributed by atoms with E-state index in [0.29, 0.717) is 18.5 Å². The van der Waals surface area contributed by atoms with Crippen LogP contribution in [0.15, 0.2) is 0 Å². The van der Waals surface area contributed by atoms with Gasteiger partial charge in [0.2, 0.25) is 0 Å². The normalized spacial score (nSPS) is 16.8. The molecule has 76 valence electrons. The van der Waals surface area contributed by atoms with E-state index in [1.165, 1.54) is 0 Å². The van der Waals surface area contributed by atoms with E-state index in [9.17, 15) is 0 Å². The summed E-state index contributed by atoms with van der Waals surface area (Å²) >= 11 is 0. The van der Waals surface area contributed by atoms with Gasteiger partial charge >= 0.3 is 0 Å². The van der Waals surface area contributed by atoms with Crippen LogP contribution in [0.1, 0.15) is 41.0 Å². The maximum Gasteiger partial charge on any atom is 0.0638 e. The number of nitriles is 1. The van der Waals surface area contributed by atoms with E-state index in [4.69, 9.17) is 5.26 Å². The monoisotopic (exact) mass is 182 g/mol. The van der Waals surface area contributed by atoms with Crippen molar-refractivity contribution in [2.24, 2.45) is 5.41 Å². The van der Waals surface area contributed by atoms with Gasteiger partial charge in [0.05, 0.1) is 12.5 Å². The molecule has 2 unspecified atom stereocenters. The van der Waals surface area contributed by atoms with Crippen LogP contribution < -0.4 is 0 Å². The van der Waals surface area contributed by atoms with Crippen molar-refractivity contribution in [3.8, 4) is 6.07 Å². The van der Waals surface area contributed by atoms with Crippen LogP contribution in [0.25, 0.3) is 0 Å². The Bertz CT molecular complexity index is 185. The predicted octanol–water partition coefficient (Wildman–Crippen LogP) is 2.65. The number of hydrogen-bond donors (Lipinski definition) is 0. The van der Waals surface area contributed by atoms with Crippen LogP contribution in [0.4, 0.5) is 0 Å². The highest BCUT2D eigenvalue weighted by atomic mass is 15.2. The van der Waals surface area contributed by atoms with E-state index in [1.807, 2.05) is 0 Å². The molecule has 0 aliphatic carbocycles. The molecular weight excluding hydrogens is 160 g/mol. The molecule has 0 fully saturated rings. The molecular formula is C11H22N2. The molecule has 0 saturated carbocycles. The van der Waals surface area contributed by atoms with Gasteiger partial charge in [0.25, 0.3) is 0 Å². The first-order valence-electron chi connectivity index (χ1n) is 4.89. The lowest BCUT2D eigenvalue weighted by Crippen LogP contribution is -2.44. The molecule has 13 heavy (non-hydrogen) atoms. The van der Waals surface area contributed by atoms with E-state index in [0.717, 1.165) is 0 Å². The lowest BCUT2D eigenvalue weighted by molar-refractivity contribution is 0.106. The number of hydrogen-bond acceptors (Lipinski definition) is 2. The van der Waals surface area contributed by atoms with Crippen LogP contribution in [0.5, 0.6) is 0 Å². The molecule has 0 heterocycles. The Morgan fingerprint density at radius 2 is 1.77 bits per heavy atom. The van der Waals surface area contributed by atoms with Gasteiger partial charge in [-0.3, -0.25) is 4.90 Å². The lowest BCUT2D eigenvalue weighted by Gasteiger charge is -2.38. The maximum absolute atomic E-state index is 8.59. The summed E-state index contributed by atoms with van der Waals surface area (Å²) in [5.74, 6) is 0. The van der Waals surface area contributed by atoms with E-state index < -0.39 is 0 Å². The van der Waals surface area contributed by atoms with Crippen molar-refractivity contribution in [3.05, 3.63) is 0 Å². The summed E-state index contributed by atoms with van der Waals surface area (Å²) in [6.45, 7) is 11.0. The fourth-order valence-corrected chi connectivity index (χ4v) is 1.27. The standard InChI is InChI=1S/C11H22N2/c1-9(7-8-12)13(6)10(2)11(3,4)5/h9-10H,7H2,1-6H3. The molecule has 0 saturated heterocycles. The van der Waals surface area contributed by atoms with Crippen molar-refractivity contribution in [2.75, 3.05) is 7.05 Å². The predicted molar refractivity (Wildman–Crippen MR) is 56.4 cm³/mol. The van der Waals surface area contributed by atoms with Gasteiger partial charge in [0, 0.05) is 12.1 Å². The Balaban J connectivity index is 4.26. The molecule has 0 aromatic rings. The molecule has 0 aliphatic rings. The zero-order chi connectivity index (χ0) is 10.6. The molecule has 2 atom stereocenters. The third-order valence-electron chi connectivity index (χ3n) is 2.95. The van der Waals surface area contributed by atoms with Crippen LogP contribution in [0.3, 0.4) is 0 Å². The molecule has 0 bridgehead atoms. The smallest absolute Gasteiger partial charge is 0.0638 e. The Kier molecular flexibility index (Phi) is 4.43. The second kappa shape index (κ2) is 4.62. The molecule has 0 amide bonds. The summed E-state index contributed by atoms with van der Waals surface area (Å²) in [4.78, 5) is 2.28. The van der Waals surface area contributed by atoms with Gasteiger partial charge in [-0.05, 0) is 26.3 Å². The minimum absolute atomic E-state index is 0.276. The summed E-state index contributed by atoms with van der Waals surface area (Å²) < 4.78 is 0. The highest BCUT2D eigenvalue weighted by Gasteiger charge is 2.26. The van der Waals surface area contributed by atoms with Crippen molar-refractivity contribution in [3.63, 3.8) is 0 Å². The van der Waals surface area contributed by atoms with Crippen LogP contribution in [0.2, 0.25) is 0 Å². The summed E-state index contributed by atoms with van der Waals surface area (Å²) in [6.07, 6.45) is 0.608. The molecule has 0 radical (unpaired) electrons. The minimum atomic E-state index is 0.276. The summed E-state index contributed by atoms with van der Waals surface area (Å²) in [7, 11) is 2.10. The second-order valence-electron chi connectivity index (χ2n) is 4.92. The zero-order valence-corrected chi connectivity index (χ0v) is 9.76. The van der Waals surface area contributed by atoms with Gasteiger partial charge in [-0.1, -0.05) is 20.8 Å². The first-order chi connectivity index (χ1) is 5.80. The topological polar surface area (TPSA) is 27.0 Å². The van der Waals surface area contributed by atoms with E-state index >= 15 is 0 Å². The van der Waals surface area contributed by atoms with Crippen molar-refractivity contribution < 1.29 is 0 Å². The first kappa shape index (κ1) is 12.4. The van der Waals surface area contributed by atoms with Crippen LogP contribution >= 0.6 is 0 Å². The summed E-state index contributed by atoms with van der Waals surface area (Å²) in [5.41, 5.74) is 0.276. The van der Waals surface area contributed by atoms with Gasteiger partial charge in [0.1, 0.15) is 0 Å². The Hall–Kier alpha value is -0.550. The quantitative estimate of drug-likeness (QED) is 0.671. The molecule has 2 heteroatoms. The Labute approximate surface area is 82.5 Å². The highest BCUT2D eigenvalue weighted by Crippen LogP contribution is 2.24. The Morgan fingerprint density at radius 3 is 2.08 bits per heavy atom. The third-order valence-corrected chi connectivity index (χ3v) is 2.95. The van der Waals surface area contributed by atoms with E-state index in [1.54, 1.807) is 0 Å². The molecule has 2 nitrogen and oxygen atoms in total. The van der Waals surface area contributed by atoms with Gasteiger partial charge in [-0.2, -0.15) is 5.26 Å². The second-order valence-corrected chi connectivity index (χ2v) is 4.92. The molecule has 0 aromatic carbocycles. The third kappa shape index (κ3) is 3.78. The number of nitrogens with zero attached hydrogens (tertiary/aromatic N) is 2. The maximum atomic E-state index is 8.59. The van der Waals surface area contributed by atoms with Gasteiger partial charge < -0.3 is 0 Å². The van der Waals surface area contributed by atoms with Crippen LogP contribution in [0, 0.1) is 16.7 Å². The highest BCUT2D eigenvalue weighted by molar-refractivity contribution is 4.84. The average Bonchev–Trinajstić information content (AvgIpc) is 2.00. The number of rotatable bonds is 3. The van der Waals surface area contributed by atoms with E-state index in [-0.39, 0.29) is 5.41 Å². The van der Waals surface area contributed by atoms with Crippen molar-refractivity contribution in [1.82, 2.24) is 4.90 Å². The molecule has 0 spiro atoms. The molecule has 0 rings (SSSR count). The summed E-state index contributed by atoms with van der Waals surface area (Å²) in [5, 5.41) is 8.59. The fraction of sp³-hybridized carbons (Fsp3) is 0.909. The minimum Gasteiger partial charge on any atom is -0.299 e. The Morgan fingerprint density at radius 1 is 1.31 bits per heavy atom. The lowest BCUT2D eigenvalue weighted by atomic mass is 9.86. The summed E-state index contributed by atoms with van der Waals surface area (Å²) in [6, 6.07) is 3.06. The SMILES string of the molecule is CC(CC#N)N(C)C(C)C(C)(C)C. The van der Waals surface area contributed by atoms with Crippen LogP contribution in [-0.4, -0.2) is 24.0 Å². The molecule has 0 N–H and O–H groups in total. The van der Waals surface area contributed by atoms with Crippen LogP contribution in [-0.2, 0) is 0 Å². The van der Waals surface area contributed by atoms with Gasteiger partial charge in [0.15, 0.2) is 0 Å². The van der Waals surface area contributed by atoms with Crippen molar-refractivity contribution in [1.29, 1.82) is 5.26 Å². The first-order valence-corrected chi connectivity index (χ1v) is 4.89.